The number of carbonyl (C=O) groups is 2. The van der Waals surface area contributed by atoms with Gasteiger partial charge in [0.1, 0.15) is 29.6 Å². The molecule has 8 nitrogen and oxygen atoms in total. The van der Waals surface area contributed by atoms with E-state index in [-0.39, 0.29) is 6.61 Å². The van der Waals surface area contributed by atoms with Gasteiger partial charge >= 0.3 is 5.97 Å². The molecule has 0 fully saturated rings. The van der Waals surface area contributed by atoms with Gasteiger partial charge in [-0.25, -0.2) is 10.2 Å². The first kappa shape index (κ1) is 26.0. The summed E-state index contributed by atoms with van der Waals surface area (Å²) in [6, 6.07) is 30.3. The van der Waals surface area contributed by atoms with E-state index in [1.165, 1.54) is 6.21 Å². The highest BCUT2D eigenvalue weighted by Gasteiger charge is 2.09. The third-order valence-electron chi connectivity index (χ3n) is 5.26. The minimum Gasteiger partial charge on any atom is -0.497 e. The Labute approximate surface area is 220 Å². The van der Waals surface area contributed by atoms with Crippen LogP contribution in [0.3, 0.4) is 0 Å². The van der Waals surface area contributed by atoms with Crippen molar-refractivity contribution < 1.29 is 28.5 Å². The molecule has 0 aliphatic carbocycles. The number of hydrazone groups is 1. The maximum atomic E-state index is 12.3. The first-order chi connectivity index (χ1) is 18.6. The number of carbonyl (C=O) groups excluding carboxylic acids is 2. The van der Waals surface area contributed by atoms with Crippen molar-refractivity contribution >= 4 is 18.1 Å². The number of esters is 1. The molecule has 4 aromatic rings. The summed E-state index contributed by atoms with van der Waals surface area (Å²) in [6.45, 7) is 0.279. The van der Waals surface area contributed by atoms with Crippen molar-refractivity contribution in [2.75, 3.05) is 13.7 Å². The van der Waals surface area contributed by atoms with Crippen LogP contribution in [0.5, 0.6) is 23.0 Å². The molecule has 0 radical (unpaired) electrons. The van der Waals surface area contributed by atoms with E-state index in [1.54, 1.807) is 79.9 Å². The molecule has 0 saturated heterocycles. The molecule has 192 valence electrons. The van der Waals surface area contributed by atoms with Crippen molar-refractivity contribution in [2.45, 2.75) is 6.61 Å². The van der Waals surface area contributed by atoms with Gasteiger partial charge in [0.15, 0.2) is 6.61 Å². The molecule has 8 heteroatoms. The van der Waals surface area contributed by atoms with Gasteiger partial charge in [-0.05, 0) is 83.9 Å². The number of amides is 1. The summed E-state index contributed by atoms with van der Waals surface area (Å²) in [6.07, 6.45) is 1.48. The van der Waals surface area contributed by atoms with Gasteiger partial charge in [-0.15, -0.1) is 0 Å². The summed E-state index contributed by atoms with van der Waals surface area (Å²) < 4.78 is 21.7. The molecule has 0 saturated carbocycles. The number of nitrogens with zero attached hydrogens (tertiary/aromatic N) is 1. The van der Waals surface area contributed by atoms with Gasteiger partial charge in [-0.3, -0.25) is 4.79 Å². The Hall–Kier alpha value is -5.11. The third-order valence-corrected chi connectivity index (χ3v) is 5.26. The average Bonchev–Trinajstić information content (AvgIpc) is 2.97. The molecule has 0 aliphatic heterocycles. The van der Waals surface area contributed by atoms with E-state index >= 15 is 0 Å². The van der Waals surface area contributed by atoms with Gasteiger partial charge < -0.3 is 18.9 Å². The third kappa shape index (κ3) is 7.96. The number of rotatable bonds is 11. The molecule has 1 amide bonds. The summed E-state index contributed by atoms with van der Waals surface area (Å²) in [5.41, 5.74) is 4.61. The number of nitrogens with one attached hydrogen (secondary N) is 1. The predicted molar refractivity (Wildman–Crippen MR) is 143 cm³/mol. The van der Waals surface area contributed by atoms with E-state index in [0.717, 1.165) is 5.56 Å². The number of ether oxygens (including phenoxy) is 4. The van der Waals surface area contributed by atoms with E-state index in [0.29, 0.717) is 40.7 Å². The second-order valence-electron chi connectivity index (χ2n) is 8.01. The largest absolute Gasteiger partial charge is 0.497 e. The molecule has 4 aromatic carbocycles. The first-order valence-electron chi connectivity index (χ1n) is 11.8. The number of hydrogen-bond donors (Lipinski definition) is 1. The van der Waals surface area contributed by atoms with Crippen LogP contribution in [0.4, 0.5) is 0 Å². The topological polar surface area (TPSA) is 95.5 Å². The fraction of sp³-hybridized carbons (Fsp3) is 0.100. The van der Waals surface area contributed by atoms with Gasteiger partial charge in [-0.2, -0.15) is 5.10 Å². The maximum absolute atomic E-state index is 12.3. The van der Waals surface area contributed by atoms with Crippen LogP contribution in [0.2, 0.25) is 0 Å². The second kappa shape index (κ2) is 13.3. The number of hydrogen-bond acceptors (Lipinski definition) is 7. The number of methoxy groups -OCH3 is 1. The average molecular weight is 511 g/mol. The summed E-state index contributed by atoms with van der Waals surface area (Å²) in [7, 11) is 1.56. The Morgan fingerprint density at radius 3 is 2.00 bits per heavy atom. The van der Waals surface area contributed by atoms with Gasteiger partial charge in [0.25, 0.3) is 5.91 Å². The molecule has 0 atom stereocenters. The van der Waals surface area contributed by atoms with E-state index in [9.17, 15) is 9.59 Å². The van der Waals surface area contributed by atoms with Gasteiger partial charge in [-0.1, -0.05) is 30.3 Å². The summed E-state index contributed by atoms with van der Waals surface area (Å²) in [5, 5.41) is 3.93. The molecular formula is C30H26N2O6. The normalized spacial score (nSPS) is 10.6. The Balaban J connectivity index is 1.17. The molecule has 0 aliphatic rings. The standard InChI is InChI=1S/C30H26N2O6/c1-35-25-13-9-24(10-14-25)30(34)38-28-11-7-22(8-12-28)19-31-32-29(33)21-37-27-17-15-26(16-18-27)36-20-23-5-3-2-4-6-23/h2-19H,20-21H2,1H3,(H,32,33)/b31-19-. The van der Waals surface area contributed by atoms with Crippen molar-refractivity contribution in [2.24, 2.45) is 5.10 Å². The van der Waals surface area contributed by atoms with E-state index in [1.807, 2.05) is 30.3 Å². The zero-order valence-electron chi connectivity index (χ0n) is 20.7. The van der Waals surface area contributed by atoms with Crippen LogP contribution in [0.15, 0.2) is 108 Å². The van der Waals surface area contributed by atoms with Crippen molar-refractivity contribution in [3.05, 3.63) is 120 Å². The highest BCUT2D eigenvalue weighted by atomic mass is 16.5. The lowest BCUT2D eigenvalue weighted by atomic mass is 10.2. The molecule has 38 heavy (non-hydrogen) atoms. The highest BCUT2D eigenvalue weighted by molar-refractivity contribution is 5.91. The SMILES string of the molecule is COc1ccc(C(=O)Oc2ccc(/C=N\NC(=O)COc3ccc(OCc4ccccc4)cc3)cc2)cc1. The summed E-state index contributed by atoms with van der Waals surface area (Å²) in [4.78, 5) is 24.3. The van der Waals surface area contributed by atoms with E-state index in [4.69, 9.17) is 18.9 Å². The molecule has 4 rings (SSSR count). The van der Waals surface area contributed by atoms with E-state index < -0.39 is 11.9 Å². The quantitative estimate of drug-likeness (QED) is 0.132. The van der Waals surface area contributed by atoms with Crippen LogP contribution >= 0.6 is 0 Å². The Morgan fingerprint density at radius 2 is 1.34 bits per heavy atom. The minimum atomic E-state index is -0.476. The lowest BCUT2D eigenvalue weighted by molar-refractivity contribution is -0.123. The highest BCUT2D eigenvalue weighted by Crippen LogP contribution is 2.19. The molecular weight excluding hydrogens is 484 g/mol. The Morgan fingerprint density at radius 1 is 0.737 bits per heavy atom. The fourth-order valence-electron chi connectivity index (χ4n) is 3.25. The summed E-state index contributed by atoms with van der Waals surface area (Å²) >= 11 is 0. The molecule has 0 bridgehead atoms. The maximum Gasteiger partial charge on any atom is 0.343 e. The van der Waals surface area contributed by atoms with Crippen LogP contribution in [-0.2, 0) is 11.4 Å². The van der Waals surface area contributed by atoms with Crippen LogP contribution in [-0.4, -0.2) is 31.8 Å². The summed E-state index contributed by atoms with van der Waals surface area (Å²) in [5.74, 6) is 1.40. The lowest BCUT2D eigenvalue weighted by Crippen LogP contribution is -2.24. The zero-order valence-corrected chi connectivity index (χ0v) is 20.7. The fourth-order valence-corrected chi connectivity index (χ4v) is 3.25. The van der Waals surface area contributed by atoms with Crippen LogP contribution in [0.25, 0.3) is 0 Å². The van der Waals surface area contributed by atoms with Crippen LogP contribution < -0.4 is 24.4 Å². The molecule has 0 spiro atoms. The molecule has 0 aromatic heterocycles. The van der Waals surface area contributed by atoms with Gasteiger partial charge in [0.2, 0.25) is 0 Å². The van der Waals surface area contributed by atoms with Crippen molar-refractivity contribution in [1.29, 1.82) is 0 Å². The predicted octanol–water partition coefficient (Wildman–Crippen LogP) is 5.02. The van der Waals surface area contributed by atoms with Crippen LogP contribution in [0, 0.1) is 0 Å². The zero-order chi connectivity index (χ0) is 26.6. The number of benzene rings is 4. The van der Waals surface area contributed by atoms with Gasteiger partial charge in [0.05, 0.1) is 18.9 Å². The molecule has 0 unspecified atom stereocenters. The smallest absolute Gasteiger partial charge is 0.343 e. The van der Waals surface area contributed by atoms with Crippen molar-refractivity contribution in [3.63, 3.8) is 0 Å². The lowest BCUT2D eigenvalue weighted by Gasteiger charge is -2.08. The van der Waals surface area contributed by atoms with Crippen LogP contribution in [0.1, 0.15) is 21.5 Å². The van der Waals surface area contributed by atoms with Crippen molar-refractivity contribution in [1.82, 2.24) is 5.43 Å². The Bertz CT molecular complexity index is 1350. The molecule has 1 N–H and O–H groups in total. The molecule has 0 heterocycles. The monoisotopic (exact) mass is 510 g/mol. The van der Waals surface area contributed by atoms with Crippen molar-refractivity contribution in [3.8, 4) is 23.0 Å². The second-order valence-corrected chi connectivity index (χ2v) is 8.01. The Kier molecular flexibility index (Phi) is 9.07. The first-order valence-corrected chi connectivity index (χ1v) is 11.8. The van der Waals surface area contributed by atoms with E-state index in [2.05, 4.69) is 10.5 Å². The van der Waals surface area contributed by atoms with Gasteiger partial charge in [0, 0.05) is 0 Å². The minimum absolute atomic E-state index is 0.193.